The Morgan fingerprint density at radius 3 is 2.54 bits per heavy atom. The van der Waals surface area contributed by atoms with Crippen LogP contribution in [-0.2, 0) is 4.79 Å². The highest BCUT2D eigenvalue weighted by molar-refractivity contribution is 6.34. The number of nitrogens with one attached hydrogen (secondary N) is 1. The fraction of sp³-hybridized carbons (Fsp3) is 0.188. The van der Waals surface area contributed by atoms with Crippen LogP contribution in [-0.4, -0.2) is 25.7 Å². The molecule has 0 aromatic heterocycles. The van der Waals surface area contributed by atoms with Crippen molar-refractivity contribution in [3.05, 3.63) is 46.2 Å². The van der Waals surface area contributed by atoms with Gasteiger partial charge in [0.05, 0.1) is 15.7 Å². The number of carbonyl (C=O) groups excluding carboxylic acids is 1. The van der Waals surface area contributed by atoms with Crippen molar-refractivity contribution in [3.63, 3.8) is 0 Å². The molecule has 24 heavy (non-hydrogen) atoms. The van der Waals surface area contributed by atoms with E-state index < -0.39 is 11.7 Å². The maximum atomic E-state index is 13.1. The predicted octanol–water partition coefficient (Wildman–Crippen LogP) is 3.92. The number of carbonyl (C=O) groups is 1. The highest BCUT2D eigenvalue weighted by Gasteiger charge is 2.16. The molecular weight excluding hydrogens is 360 g/mol. The van der Waals surface area contributed by atoms with E-state index in [0.29, 0.717) is 35.4 Å². The van der Waals surface area contributed by atoms with Crippen molar-refractivity contribution in [2.24, 2.45) is 0 Å². The van der Waals surface area contributed by atoms with Crippen molar-refractivity contribution in [3.8, 4) is 17.2 Å². The van der Waals surface area contributed by atoms with Crippen molar-refractivity contribution in [1.82, 2.24) is 0 Å². The number of rotatable bonds is 4. The van der Waals surface area contributed by atoms with E-state index in [1.54, 1.807) is 12.1 Å². The van der Waals surface area contributed by atoms with Gasteiger partial charge in [-0.3, -0.25) is 4.79 Å². The van der Waals surface area contributed by atoms with Crippen LogP contribution >= 0.6 is 23.2 Å². The summed E-state index contributed by atoms with van der Waals surface area (Å²) in [5, 5.41) is 2.85. The van der Waals surface area contributed by atoms with Crippen LogP contribution in [0.3, 0.4) is 0 Å². The van der Waals surface area contributed by atoms with Crippen LogP contribution in [0.4, 0.5) is 10.1 Å². The van der Waals surface area contributed by atoms with Crippen LogP contribution in [0.25, 0.3) is 0 Å². The Labute approximate surface area is 147 Å². The van der Waals surface area contributed by atoms with Crippen LogP contribution in [0.1, 0.15) is 0 Å². The first kappa shape index (κ1) is 16.7. The zero-order chi connectivity index (χ0) is 17.1. The Morgan fingerprint density at radius 1 is 1.12 bits per heavy atom. The fourth-order valence-corrected chi connectivity index (χ4v) is 2.43. The number of fused-ring (bicyclic) bond motifs is 1. The molecule has 1 aliphatic heterocycles. The van der Waals surface area contributed by atoms with E-state index in [1.807, 2.05) is 0 Å². The molecule has 2 aromatic rings. The zero-order valence-corrected chi connectivity index (χ0v) is 13.8. The van der Waals surface area contributed by atoms with Crippen molar-refractivity contribution in [2.75, 3.05) is 25.1 Å². The van der Waals surface area contributed by atoms with E-state index in [1.165, 1.54) is 12.1 Å². The lowest BCUT2D eigenvalue weighted by atomic mass is 10.2. The molecule has 0 spiro atoms. The van der Waals surface area contributed by atoms with Gasteiger partial charge in [-0.05, 0) is 12.1 Å². The molecule has 2 aromatic carbocycles. The van der Waals surface area contributed by atoms with Crippen molar-refractivity contribution < 1.29 is 23.4 Å². The van der Waals surface area contributed by atoms with Gasteiger partial charge < -0.3 is 19.5 Å². The van der Waals surface area contributed by atoms with Crippen molar-refractivity contribution in [1.29, 1.82) is 0 Å². The molecule has 1 aliphatic rings. The minimum absolute atomic E-state index is 0.0808. The van der Waals surface area contributed by atoms with Gasteiger partial charge in [-0.1, -0.05) is 23.2 Å². The first-order chi connectivity index (χ1) is 11.5. The van der Waals surface area contributed by atoms with E-state index in [-0.39, 0.29) is 17.4 Å². The minimum Gasteiger partial charge on any atom is -0.486 e. The van der Waals surface area contributed by atoms with Gasteiger partial charge in [0.1, 0.15) is 24.8 Å². The predicted molar refractivity (Wildman–Crippen MR) is 88.0 cm³/mol. The lowest BCUT2D eigenvalue weighted by Crippen LogP contribution is -2.21. The zero-order valence-electron chi connectivity index (χ0n) is 12.3. The smallest absolute Gasteiger partial charge is 0.262 e. The first-order valence-corrected chi connectivity index (χ1v) is 7.75. The molecule has 0 aliphatic carbocycles. The molecule has 126 valence electrons. The van der Waals surface area contributed by atoms with Gasteiger partial charge in [0.15, 0.2) is 18.1 Å². The second kappa shape index (κ2) is 7.15. The van der Waals surface area contributed by atoms with Crippen LogP contribution < -0.4 is 19.5 Å². The third-order valence-corrected chi connectivity index (χ3v) is 3.77. The SMILES string of the molecule is O=C(COc1ccc(F)c(Cl)c1)Nc1cc2c(cc1Cl)OCCO2. The number of hydrogen-bond donors (Lipinski definition) is 1. The van der Waals surface area contributed by atoms with Crippen LogP contribution in [0.15, 0.2) is 30.3 Å². The molecule has 0 bridgehead atoms. The summed E-state index contributed by atoms with van der Waals surface area (Å²) >= 11 is 11.8. The van der Waals surface area contributed by atoms with Crippen molar-refractivity contribution >= 4 is 34.8 Å². The minimum atomic E-state index is -0.559. The lowest BCUT2D eigenvalue weighted by Gasteiger charge is -2.20. The molecule has 1 N–H and O–H groups in total. The molecule has 5 nitrogen and oxygen atoms in total. The van der Waals surface area contributed by atoms with Crippen LogP contribution in [0.5, 0.6) is 17.2 Å². The van der Waals surface area contributed by atoms with Gasteiger partial charge in [-0.15, -0.1) is 0 Å². The summed E-state index contributed by atoms with van der Waals surface area (Å²) in [4.78, 5) is 12.0. The molecule has 0 atom stereocenters. The second-order valence-electron chi connectivity index (χ2n) is 4.89. The standard InChI is InChI=1S/C16H12Cl2FNO4/c17-10-5-9(1-2-12(10)19)24-8-16(21)20-13-7-15-14(6-11(13)18)22-3-4-23-15/h1-2,5-7H,3-4,8H2,(H,20,21). The molecule has 0 unspecified atom stereocenters. The third kappa shape index (κ3) is 3.83. The van der Waals surface area contributed by atoms with E-state index >= 15 is 0 Å². The number of hydrogen-bond acceptors (Lipinski definition) is 4. The van der Waals surface area contributed by atoms with Gasteiger partial charge in [0.25, 0.3) is 5.91 Å². The highest BCUT2D eigenvalue weighted by Crippen LogP contribution is 2.37. The average molecular weight is 372 g/mol. The van der Waals surface area contributed by atoms with Gasteiger partial charge in [-0.2, -0.15) is 0 Å². The molecule has 0 saturated carbocycles. The normalized spacial score (nSPS) is 12.6. The summed E-state index contributed by atoms with van der Waals surface area (Å²) in [6.45, 7) is 0.590. The molecular formula is C16H12Cl2FNO4. The number of anilines is 1. The number of ether oxygens (including phenoxy) is 3. The second-order valence-corrected chi connectivity index (χ2v) is 5.70. The summed E-state index contributed by atoms with van der Waals surface area (Å²) in [6.07, 6.45) is 0. The van der Waals surface area contributed by atoms with E-state index in [0.717, 1.165) is 6.07 Å². The maximum Gasteiger partial charge on any atom is 0.262 e. The summed E-state index contributed by atoms with van der Waals surface area (Å²) in [6, 6.07) is 7.00. The molecule has 3 rings (SSSR count). The lowest BCUT2D eigenvalue weighted by molar-refractivity contribution is -0.118. The molecule has 1 amide bonds. The van der Waals surface area contributed by atoms with E-state index in [2.05, 4.69) is 5.32 Å². The number of benzene rings is 2. The Morgan fingerprint density at radius 2 is 1.83 bits per heavy atom. The molecule has 0 fully saturated rings. The fourth-order valence-electron chi connectivity index (χ4n) is 2.06. The Hall–Kier alpha value is -2.18. The molecule has 1 heterocycles. The number of amides is 1. The van der Waals surface area contributed by atoms with Gasteiger partial charge >= 0.3 is 0 Å². The topological polar surface area (TPSA) is 56.8 Å². The summed E-state index contributed by atoms with van der Waals surface area (Å²) in [5.41, 5.74) is 0.381. The van der Waals surface area contributed by atoms with Crippen LogP contribution in [0.2, 0.25) is 10.0 Å². The van der Waals surface area contributed by atoms with E-state index in [4.69, 9.17) is 37.4 Å². The third-order valence-electron chi connectivity index (χ3n) is 3.17. The number of halogens is 3. The Bertz CT molecular complexity index is 785. The maximum absolute atomic E-state index is 13.1. The van der Waals surface area contributed by atoms with Gasteiger partial charge in [-0.25, -0.2) is 4.39 Å². The molecule has 8 heteroatoms. The van der Waals surface area contributed by atoms with Gasteiger partial charge in [0, 0.05) is 18.2 Å². The average Bonchev–Trinajstić information content (AvgIpc) is 2.56. The summed E-state index contributed by atoms with van der Waals surface area (Å²) < 4.78 is 29.2. The van der Waals surface area contributed by atoms with Gasteiger partial charge in [0.2, 0.25) is 0 Å². The Kier molecular flexibility index (Phi) is 4.97. The summed E-state index contributed by atoms with van der Waals surface area (Å²) in [5.74, 6) is 0.323. The monoisotopic (exact) mass is 371 g/mol. The highest BCUT2D eigenvalue weighted by atomic mass is 35.5. The Balaban J connectivity index is 1.63. The van der Waals surface area contributed by atoms with Crippen LogP contribution in [0, 0.1) is 5.82 Å². The van der Waals surface area contributed by atoms with E-state index in [9.17, 15) is 9.18 Å². The molecule has 0 radical (unpaired) electrons. The molecule has 0 saturated heterocycles. The quantitative estimate of drug-likeness (QED) is 0.884. The first-order valence-electron chi connectivity index (χ1n) is 7.00. The van der Waals surface area contributed by atoms with Crippen molar-refractivity contribution in [2.45, 2.75) is 0 Å². The summed E-state index contributed by atoms with van der Waals surface area (Å²) in [7, 11) is 0. The largest absolute Gasteiger partial charge is 0.486 e.